The first-order valence-corrected chi connectivity index (χ1v) is 13.0. The van der Waals surface area contributed by atoms with Crippen LogP contribution in [0.1, 0.15) is 104 Å². The summed E-state index contributed by atoms with van der Waals surface area (Å²) >= 11 is 0. The van der Waals surface area contributed by atoms with Gasteiger partial charge in [-0.2, -0.15) is 0 Å². The molecule has 0 spiro atoms. The minimum Gasteiger partial charge on any atom is -0.458 e. The number of benzene rings is 1. The normalized spacial score (nSPS) is 37.7. The molecule has 4 fully saturated rings. The average Bonchev–Trinajstić information content (AvgIpc) is 3.04. The van der Waals surface area contributed by atoms with E-state index in [2.05, 4.69) is 52.0 Å². The Hall–Kier alpha value is -1.31. The summed E-state index contributed by atoms with van der Waals surface area (Å²) in [6, 6.07) is 8.82. The van der Waals surface area contributed by atoms with E-state index in [1.54, 1.807) is 11.1 Å². The summed E-state index contributed by atoms with van der Waals surface area (Å²) in [5, 5.41) is 0. The van der Waals surface area contributed by atoms with Gasteiger partial charge in [-0.3, -0.25) is 4.79 Å². The molecule has 0 aliphatic heterocycles. The molecule has 2 unspecified atom stereocenters. The molecular weight excluding hydrogens is 380 g/mol. The molecule has 31 heavy (non-hydrogen) atoms. The van der Waals surface area contributed by atoms with Crippen LogP contribution < -0.4 is 0 Å². The maximum atomic E-state index is 12.6. The fraction of sp³-hybridized carbons (Fsp3) is 0.759. The van der Waals surface area contributed by atoms with Crippen LogP contribution in [0.2, 0.25) is 0 Å². The van der Waals surface area contributed by atoms with E-state index in [-0.39, 0.29) is 17.0 Å². The zero-order valence-corrected chi connectivity index (χ0v) is 20.7. The highest BCUT2D eigenvalue weighted by atomic mass is 16.6. The van der Waals surface area contributed by atoms with Crippen LogP contribution in [0.25, 0.3) is 0 Å². The molecule has 5 aliphatic carbocycles. The molecule has 2 atom stereocenters. The Balaban J connectivity index is 0.000000177. The van der Waals surface area contributed by atoms with E-state index in [0.717, 1.165) is 36.5 Å². The van der Waals surface area contributed by atoms with E-state index in [1.807, 2.05) is 13.8 Å². The average molecular weight is 425 g/mol. The maximum absolute atomic E-state index is 12.6. The Morgan fingerprint density at radius 2 is 1.58 bits per heavy atom. The maximum Gasteiger partial charge on any atom is 0.312 e. The largest absolute Gasteiger partial charge is 0.458 e. The lowest BCUT2D eigenvalue weighted by atomic mass is 9.49. The minimum atomic E-state index is -0.336. The monoisotopic (exact) mass is 424 g/mol. The molecule has 5 aliphatic rings. The number of hydrogen-bond donors (Lipinski definition) is 0. The first-order chi connectivity index (χ1) is 14.7. The fourth-order valence-electron chi connectivity index (χ4n) is 7.25. The van der Waals surface area contributed by atoms with Gasteiger partial charge in [0.15, 0.2) is 0 Å². The summed E-state index contributed by atoms with van der Waals surface area (Å²) < 4.78 is 6.28. The molecule has 1 aromatic rings. The second-order valence-electron chi connectivity index (χ2n) is 11.9. The quantitative estimate of drug-likeness (QED) is 0.466. The van der Waals surface area contributed by atoms with E-state index in [9.17, 15) is 4.79 Å². The third kappa shape index (κ3) is 4.09. The highest BCUT2D eigenvalue weighted by Crippen LogP contribution is 2.61. The third-order valence-electron chi connectivity index (χ3n) is 9.73. The molecule has 4 saturated carbocycles. The summed E-state index contributed by atoms with van der Waals surface area (Å²) in [6.45, 7) is 13.0. The van der Waals surface area contributed by atoms with Crippen LogP contribution in [-0.4, -0.2) is 11.6 Å². The number of ether oxygens (including phenoxy) is 1. The Bertz CT molecular complexity index is 764. The van der Waals surface area contributed by atoms with Gasteiger partial charge < -0.3 is 4.74 Å². The molecule has 0 amide bonds. The number of hydrogen-bond acceptors (Lipinski definition) is 2. The van der Waals surface area contributed by atoms with Gasteiger partial charge in [0.2, 0.25) is 0 Å². The highest BCUT2D eigenvalue weighted by molar-refractivity contribution is 5.76. The van der Waals surface area contributed by atoms with Crippen molar-refractivity contribution in [1.29, 1.82) is 0 Å². The Morgan fingerprint density at radius 3 is 2.10 bits per heavy atom. The summed E-state index contributed by atoms with van der Waals surface area (Å²) in [5.41, 5.74) is 2.67. The van der Waals surface area contributed by atoms with Gasteiger partial charge in [0.25, 0.3) is 0 Å². The van der Waals surface area contributed by atoms with Crippen molar-refractivity contribution in [3.8, 4) is 0 Å². The van der Waals surface area contributed by atoms with Gasteiger partial charge in [0.05, 0.1) is 5.41 Å². The molecule has 1 aromatic carbocycles. The van der Waals surface area contributed by atoms with E-state index in [4.69, 9.17) is 4.74 Å². The predicted octanol–water partition coefficient (Wildman–Crippen LogP) is 7.55. The molecular formula is C29H44O2. The molecule has 2 nitrogen and oxygen atoms in total. The molecule has 0 radical (unpaired) electrons. The van der Waals surface area contributed by atoms with Gasteiger partial charge in [-0.15, -0.1) is 0 Å². The summed E-state index contributed by atoms with van der Waals surface area (Å²) in [6.07, 6.45) is 9.81. The zero-order valence-electron chi connectivity index (χ0n) is 20.7. The van der Waals surface area contributed by atoms with Gasteiger partial charge >= 0.3 is 5.97 Å². The zero-order chi connectivity index (χ0) is 22.4. The van der Waals surface area contributed by atoms with Crippen LogP contribution in [0, 0.1) is 35.0 Å². The first-order valence-electron chi connectivity index (χ1n) is 13.0. The van der Waals surface area contributed by atoms with Crippen LogP contribution in [-0.2, 0) is 16.0 Å². The first kappa shape index (κ1) is 22.9. The highest BCUT2D eigenvalue weighted by Gasteiger charge is 2.59. The van der Waals surface area contributed by atoms with Crippen molar-refractivity contribution in [2.24, 2.45) is 35.0 Å². The fourth-order valence-corrected chi connectivity index (χ4v) is 7.25. The SMILES string of the molecule is CC1Cc2ccccc2C1C.CCC(C)(C)C(=O)OC1(CC)C2CC3CC(C2)CC1C3. The van der Waals surface area contributed by atoms with Gasteiger partial charge in [-0.05, 0) is 112 Å². The van der Waals surface area contributed by atoms with E-state index >= 15 is 0 Å². The van der Waals surface area contributed by atoms with Gasteiger partial charge in [0, 0.05) is 0 Å². The lowest BCUT2D eigenvalue weighted by molar-refractivity contribution is -0.218. The molecule has 0 N–H and O–H groups in total. The molecule has 6 rings (SSSR count). The molecule has 0 aromatic heterocycles. The second kappa shape index (κ2) is 8.56. The van der Waals surface area contributed by atoms with Gasteiger partial charge in [-0.1, -0.05) is 52.0 Å². The smallest absolute Gasteiger partial charge is 0.312 e. The number of fused-ring (bicyclic) bond motifs is 1. The summed E-state index contributed by atoms with van der Waals surface area (Å²) in [5.74, 6) is 4.78. The van der Waals surface area contributed by atoms with Crippen LogP contribution in [0.15, 0.2) is 24.3 Å². The third-order valence-corrected chi connectivity index (χ3v) is 9.73. The lowest BCUT2D eigenvalue weighted by Gasteiger charge is -2.60. The summed E-state index contributed by atoms with van der Waals surface area (Å²) in [7, 11) is 0. The van der Waals surface area contributed by atoms with Crippen molar-refractivity contribution in [3.05, 3.63) is 35.4 Å². The second-order valence-corrected chi connectivity index (χ2v) is 11.9. The van der Waals surface area contributed by atoms with E-state index < -0.39 is 0 Å². The van der Waals surface area contributed by atoms with Crippen LogP contribution >= 0.6 is 0 Å². The molecule has 172 valence electrons. The topological polar surface area (TPSA) is 26.3 Å². The standard InChI is InChI=1S/C18H30O2.C11H14/c1-5-17(3,4)16(19)20-18(6-2)14-8-12-7-13(10-14)11-15(18)9-12;1-8-7-10-5-3-4-6-11(10)9(8)2/h12-15H,5-11H2,1-4H3;3-6,8-9H,7H2,1-2H3. The number of esters is 1. The van der Waals surface area contributed by atoms with Crippen molar-refractivity contribution in [2.45, 2.75) is 104 Å². The number of carbonyl (C=O) groups excluding carboxylic acids is 1. The molecule has 0 heterocycles. The summed E-state index contributed by atoms with van der Waals surface area (Å²) in [4.78, 5) is 12.6. The lowest BCUT2D eigenvalue weighted by Crippen LogP contribution is -2.60. The molecule has 0 saturated heterocycles. The number of rotatable bonds is 4. The van der Waals surface area contributed by atoms with Crippen molar-refractivity contribution in [1.82, 2.24) is 0 Å². The molecule has 2 heteroatoms. The van der Waals surface area contributed by atoms with Crippen molar-refractivity contribution < 1.29 is 9.53 Å². The van der Waals surface area contributed by atoms with Crippen LogP contribution in [0.5, 0.6) is 0 Å². The van der Waals surface area contributed by atoms with E-state index in [1.165, 1.54) is 38.5 Å². The predicted molar refractivity (Wildman–Crippen MR) is 128 cm³/mol. The Morgan fingerprint density at radius 1 is 1.00 bits per heavy atom. The Labute approximate surface area is 190 Å². The minimum absolute atomic E-state index is 0.0364. The molecule has 4 bridgehead atoms. The van der Waals surface area contributed by atoms with E-state index in [0.29, 0.717) is 11.8 Å². The Kier molecular flexibility index (Phi) is 6.32. The van der Waals surface area contributed by atoms with Gasteiger partial charge in [-0.25, -0.2) is 0 Å². The van der Waals surface area contributed by atoms with Crippen LogP contribution in [0.4, 0.5) is 0 Å². The van der Waals surface area contributed by atoms with Gasteiger partial charge in [0.1, 0.15) is 5.60 Å². The van der Waals surface area contributed by atoms with Crippen molar-refractivity contribution in [3.63, 3.8) is 0 Å². The van der Waals surface area contributed by atoms with Crippen molar-refractivity contribution >= 4 is 5.97 Å². The van der Waals surface area contributed by atoms with Crippen LogP contribution in [0.3, 0.4) is 0 Å². The number of carbonyl (C=O) groups is 1. The van der Waals surface area contributed by atoms with Crippen molar-refractivity contribution in [2.75, 3.05) is 0 Å².